The highest BCUT2D eigenvalue weighted by atomic mass is 15.1. The van der Waals surface area contributed by atoms with E-state index in [9.17, 15) is 0 Å². The third kappa shape index (κ3) is 2.13. The number of aromatic nitrogens is 2. The molecule has 0 aliphatic carbocycles. The third-order valence-electron chi connectivity index (χ3n) is 1.46. The maximum Gasteiger partial charge on any atom is 0.0528 e. The number of unbranched alkanes of at least 4 members (excludes halogenated alkanes) is 1. The van der Waals surface area contributed by atoms with Gasteiger partial charge in [0.1, 0.15) is 0 Å². The van der Waals surface area contributed by atoms with Crippen molar-refractivity contribution < 1.29 is 0 Å². The lowest BCUT2D eigenvalue weighted by molar-refractivity contribution is 0.787. The number of rotatable bonds is 3. The zero-order chi connectivity index (χ0) is 7.23. The Morgan fingerprint density at radius 2 is 2.30 bits per heavy atom. The fourth-order valence-corrected chi connectivity index (χ4v) is 0.847. The van der Waals surface area contributed by atoms with Crippen molar-refractivity contribution in [2.24, 2.45) is 0 Å². The van der Waals surface area contributed by atoms with Crippen LogP contribution in [-0.4, -0.2) is 10.2 Å². The largest absolute Gasteiger partial charge is 0.159 e. The molecular formula is C8H12N2. The number of hydrogen-bond donors (Lipinski definition) is 0. The summed E-state index contributed by atoms with van der Waals surface area (Å²) in [6, 6.07) is 2.02. The van der Waals surface area contributed by atoms with Crippen molar-refractivity contribution in [3.05, 3.63) is 24.0 Å². The molecule has 0 aliphatic heterocycles. The molecule has 0 spiro atoms. The maximum absolute atomic E-state index is 3.79. The Morgan fingerprint density at radius 3 is 2.90 bits per heavy atom. The van der Waals surface area contributed by atoms with Crippen LogP contribution in [0, 0.1) is 0 Å². The van der Waals surface area contributed by atoms with Crippen LogP contribution in [-0.2, 0) is 6.42 Å². The van der Waals surface area contributed by atoms with Crippen LogP contribution in [0.4, 0.5) is 0 Å². The first-order valence-electron chi connectivity index (χ1n) is 3.69. The van der Waals surface area contributed by atoms with Gasteiger partial charge in [-0.15, -0.1) is 0 Å². The lowest BCUT2D eigenvalue weighted by atomic mass is 10.1. The van der Waals surface area contributed by atoms with Gasteiger partial charge in [-0.1, -0.05) is 13.3 Å². The molecule has 2 nitrogen and oxygen atoms in total. The monoisotopic (exact) mass is 136 g/mol. The van der Waals surface area contributed by atoms with E-state index in [1.165, 1.54) is 18.4 Å². The van der Waals surface area contributed by atoms with Crippen molar-refractivity contribution in [2.75, 3.05) is 0 Å². The summed E-state index contributed by atoms with van der Waals surface area (Å²) in [6.07, 6.45) is 7.18. The molecule has 0 amide bonds. The molecule has 0 radical (unpaired) electrons. The molecule has 10 heavy (non-hydrogen) atoms. The van der Waals surface area contributed by atoms with Gasteiger partial charge in [0.2, 0.25) is 0 Å². The number of aryl methyl sites for hydroxylation is 1. The van der Waals surface area contributed by atoms with Gasteiger partial charge >= 0.3 is 0 Å². The van der Waals surface area contributed by atoms with Crippen molar-refractivity contribution >= 4 is 0 Å². The first kappa shape index (κ1) is 7.19. The molecule has 0 atom stereocenters. The second-order valence-corrected chi connectivity index (χ2v) is 2.35. The van der Waals surface area contributed by atoms with Crippen molar-refractivity contribution in [1.82, 2.24) is 10.2 Å². The Hall–Kier alpha value is -0.920. The van der Waals surface area contributed by atoms with Gasteiger partial charge in [-0.3, -0.25) is 0 Å². The number of hydrogen-bond acceptors (Lipinski definition) is 2. The SMILES string of the molecule is CCCCc1ccnnc1. The minimum absolute atomic E-state index is 1.13. The average Bonchev–Trinajstić information content (AvgIpc) is 2.03. The molecule has 2 heteroatoms. The molecule has 0 aromatic carbocycles. The van der Waals surface area contributed by atoms with E-state index < -0.39 is 0 Å². The molecule has 0 bridgehead atoms. The minimum Gasteiger partial charge on any atom is -0.159 e. The molecule has 0 N–H and O–H groups in total. The lowest BCUT2D eigenvalue weighted by Crippen LogP contribution is -1.86. The first-order valence-corrected chi connectivity index (χ1v) is 3.69. The summed E-state index contributed by atoms with van der Waals surface area (Å²) in [5.41, 5.74) is 1.29. The lowest BCUT2D eigenvalue weighted by Gasteiger charge is -1.94. The average molecular weight is 136 g/mol. The van der Waals surface area contributed by atoms with E-state index in [1.54, 1.807) is 6.20 Å². The molecule has 0 aliphatic rings. The van der Waals surface area contributed by atoms with Gasteiger partial charge in [0.25, 0.3) is 0 Å². The van der Waals surface area contributed by atoms with Crippen LogP contribution in [0.2, 0.25) is 0 Å². The minimum atomic E-state index is 1.13. The highest BCUT2D eigenvalue weighted by molar-refractivity contribution is 5.04. The second kappa shape index (κ2) is 3.99. The molecule has 1 heterocycles. The van der Waals surface area contributed by atoms with Gasteiger partial charge in [0.15, 0.2) is 0 Å². The van der Waals surface area contributed by atoms with Gasteiger partial charge in [-0.2, -0.15) is 10.2 Å². The van der Waals surface area contributed by atoms with Crippen molar-refractivity contribution in [3.8, 4) is 0 Å². The summed E-state index contributed by atoms with van der Waals surface area (Å²) in [6.45, 7) is 2.19. The second-order valence-electron chi connectivity index (χ2n) is 2.35. The molecule has 0 saturated carbocycles. The van der Waals surface area contributed by atoms with Crippen LogP contribution < -0.4 is 0 Å². The molecule has 1 aromatic heterocycles. The van der Waals surface area contributed by atoms with Gasteiger partial charge < -0.3 is 0 Å². The van der Waals surface area contributed by atoms with E-state index >= 15 is 0 Å². The van der Waals surface area contributed by atoms with Gasteiger partial charge in [-0.05, 0) is 24.5 Å². The summed E-state index contributed by atoms with van der Waals surface area (Å²) in [4.78, 5) is 0. The Labute approximate surface area is 61.3 Å². The zero-order valence-corrected chi connectivity index (χ0v) is 6.25. The van der Waals surface area contributed by atoms with Gasteiger partial charge in [0.05, 0.1) is 6.20 Å². The van der Waals surface area contributed by atoms with Gasteiger partial charge in [0, 0.05) is 6.20 Å². The fraction of sp³-hybridized carbons (Fsp3) is 0.500. The van der Waals surface area contributed by atoms with Crippen molar-refractivity contribution in [2.45, 2.75) is 26.2 Å². The predicted molar refractivity (Wildman–Crippen MR) is 40.6 cm³/mol. The first-order chi connectivity index (χ1) is 4.93. The smallest absolute Gasteiger partial charge is 0.0528 e. The maximum atomic E-state index is 3.79. The van der Waals surface area contributed by atoms with E-state index in [0.29, 0.717) is 0 Å². The Morgan fingerprint density at radius 1 is 1.40 bits per heavy atom. The summed E-state index contributed by atoms with van der Waals surface area (Å²) in [5.74, 6) is 0. The molecule has 0 saturated heterocycles. The Kier molecular flexibility index (Phi) is 2.87. The molecule has 0 fully saturated rings. The van der Waals surface area contributed by atoms with Crippen LogP contribution in [0.5, 0.6) is 0 Å². The molecule has 1 aromatic rings. The predicted octanol–water partition coefficient (Wildman–Crippen LogP) is 1.82. The summed E-state index contributed by atoms with van der Waals surface area (Å²) < 4.78 is 0. The van der Waals surface area contributed by atoms with Crippen molar-refractivity contribution in [3.63, 3.8) is 0 Å². The normalized spacial score (nSPS) is 9.70. The molecular weight excluding hydrogens is 124 g/mol. The fourth-order valence-electron chi connectivity index (χ4n) is 0.847. The molecule has 54 valence electrons. The van der Waals surface area contributed by atoms with Crippen molar-refractivity contribution in [1.29, 1.82) is 0 Å². The Balaban J connectivity index is 2.43. The standard InChI is InChI=1S/C8H12N2/c1-2-3-4-8-5-6-9-10-7-8/h5-7H,2-4H2,1H3. The van der Waals surface area contributed by atoms with Crippen LogP contribution in [0.25, 0.3) is 0 Å². The van der Waals surface area contributed by atoms with Crippen LogP contribution in [0.3, 0.4) is 0 Å². The molecule has 1 rings (SSSR count). The summed E-state index contributed by atoms with van der Waals surface area (Å²) in [5, 5.41) is 7.49. The quantitative estimate of drug-likeness (QED) is 0.633. The topological polar surface area (TPSA) is 25.8 Å². The van der Waals surface area contributed by atoms with Crippen LogP contribution in [0.1, 0.15) is 25.3 Å². The van der Waals surface area contributed by atoms with Gasteiger partial charge in [-0.25, -0.2) is 0 Å². The van der Waals surface area contributed by atoms with Crippen LogP contribution >= 0.6 is 0 Å². The third-order valence-corrected chi connectivity index (χ3v) is 1.46. The van der Waals surface area contributed by atoms with E-state index in [2.05, 4.69) is 17.1 Å². The van der Waals surface area contributed by atoms with E-state index in [4.69, 9.17) is 0 Å². The highest BCUT2D eigenvalue weighted by Crippen LogP contribution is 2.00. The molecule has 0 unspecified atom stereocenters. The van der Waals surface area contributed by atoms with E-state index in [-0.39, 0.29) is 0 Å². The summed E-state index contributed by atoms with van der Waals surface area (Å²) >= 11 is 0. The van der Waals surface area contributed by atoms with E-state index in [1.807, 2.05) is 12.3 Å². The summed E-state index contributed by atoms with van der Waals surface area (Å²) in [7, 11) is 0. The van der Waals surface area contributed by atoms with E-state index in [0.717, 1.165) is 6.42 Å². The Bertz CT molecular complexity index is 172. The zero-order valence-electron chi connectivity index (χ0n) is 6.25. The number of nitrogens with zero attached hydrogens (tertiary/aromatic N) is 2. The highest BCUT2D eigenvalue weighted by Gasteiger charge is 1.89. The van der Waals surface area contributed by atoms with Crippen LogP contribution in [0.15, 0.2) is 18.5 Å².